The minimum absolute atomic E-state index is 0.398. The van der Waals surface area contributed by atoms with Crippen molar-refractivity contribution in [2.24, 2.45) is 0 Å². The Labute approximate surface area is 128 Å². The number of methoxy groups -OCH3 is 1. The molecule has 0 aliphatic heterocycles. The molecular weight excluding hydrogens is 282 g/mol. The minimum Gasteiger partial charge on any atom is -0.497 e. The molecule has 0 bridgehead atoms. The maximum absolute atomic E-state index is 12.4. The maximum atomic E-state index is 12.4. The van der Waals surface area contributed by atoms with Gasteiger partial charge in [-0.3, -0.25) is 4.79 Å². The molecule has 22 heavy (non-hydrogen) atoms. The highest BCUT2D eigenvalue weighted by Crippen LogP contribution is 2.20. The number of hydrogen-bond donors (Lipinski definition) is 2. The highest BCUT2D eigenvalue weighted by Gasteiger charge is 2.20. The molecule has 0 aliphatic rings. The van der Waals surface area contributed by atoms with Crippen LogP contribution in [-0.4, -0.2) is 19.0 Å². The van der Waals surface area contributed by atoms with Crippen molar-refractivity contribution < 1.29 is 14.3 Å². The van der Waals surface area contributed by atoms with Crippen LogP contribution < -0.4 is 20.7 Å². The minimum atomic E-state index is -0.550. The summed E-state index contributed by atoms with van der Waals surface area (Å²) in [6, 6.07) is 12.8. The summed E-state index contributed by atoms with van der Waals surface area (Å²) in [5, 5.41) is 2.67. The predicted octanol–water partition coefficient (Wildman–Crippen LogP) is 2.86. The Morgan fingerprint density at radius 3 is 2.41 bits per heavy atom. The highest BCUT2D eigenvalue weighted by molar-refractivity contribution is 6.17. The second kappa shape index (κ2) is 6.62. The number of nitrogen functional groups attached to an aromatic ring is 1. The summed E-state index contributed by atoms with van der Waals surface area (Å²) in [6.45, 7) is 1.32. The molecule has 0 saturated carbocycles. The van der Waals surface area contributed by atoms with Crippen LogP contribution in [0.15, 0.2) is 48.5 Å². The summed E-state index contributed by atoms with van der Waals surface area (Å²) < 4.78 is 5.10. The third kappa shape index (κ3) is 3.54. The zero-order chi connectivity index (χ0) is 16.1. The number of hydrogen-bond acceptors (Lipinski definition) is 4. The standard InChI is InChI=1S/C16H17N3O3/c1-11(20)19(14-8-6-12(17)7-9-14)16(21)18-13-4-3-5-15(10-13)22-2/h3-10H,17H2,1-2H3,(H,18,21). The number of ether oxygens (including phenoxy) is 1. The van der Waals surface area contributed by atoms with E-state index in [0.717, 1.165) is 4.90 Å². The molecule has 0 spiro atoms. The predicted molar refractivity (Wildman–Crippen MR) is 86.0 cm³/mol. The number of amides is 3. The fraction of sp³-hybridized carbons (Fsp3) is 0.125. The zero-order valence-corrected chi connectivity index (χ0v) is 12.4. The summed E-state index contributed by atoms with van der Waals surface area (Å²) in [5.74, 6) is 0.213. The van der Waals surface area contributed by atoms with Crippen molar-refractivity contribution in [2.75, 3.05) is 23.1 Å². The number of nitrogens with two attached hydrogens (primary N) is 1. The van der Waals surface area contributed by atoms with Gasteiger partial charge in [-0.1, -0.05) is 6.07 Å². The molecule has 0 atom stereocenters. The van der Waals surface area contributed by atoms with Crippen LogP contribution in [0.2, 0.25) is 0 Å². The zero-order valence-electron chi connectivity index (χ0n) is 12.4. The van der Waals surface area contributed by atoms with Crippen LogP contribution in [0.25, 0.3) is 0 Å². The van der Waals surface area contributed by atoms with E-state index >= 15 is 0 Å². The average Bonchev–Trinajstić information content (AvgIpc) is 2.49. The van der Waals surface area contributed by atoms with Gasteiger partial charge in [0.05, 0.1) is 12.8 Å². The summed E-state index contributed by atoms with van der Waals surface area (Å²) in [6.07, 6.45) is 0. The SMILES string of the molecule is COc1cccc(NC(=O)N(C(C)=O)c2ccc(N)cc2)c1. The third-order valence-electron chi connectivity index (χ3n) is 2.99. The van der Waals surface area contributed by atoms with Crippen molar-refractivity contribution in [2.45, 2.75) is 6.92 Å². The van der Waals surface area contributed by atoms with Gasteiger partial charge in [0.2, 0.25) is 5.91 Å². The van der Waals surface area contributed by atoms with Crippen LogP contribution in [0, 0.1) is 0 Å². The Morgan fingerprint density at radius 1 is 1.14 bits per heavy atom. The molecule has 6 nitrogen and oxygen atoms in total. The molecule has 114 valence electrons. The molecule has 0 radical (unpaired) electrons. The second-order valence-corrected chi connectivity index (χ2v) is 4.61. The Balaban J connectivity index is 2.23. The Hall–Kier alpha value is -3.02. The molecule has 3 amide bonds. The van der Waals surface area contributed by atoms with Crippen LogP contribution in [0.1, 0.15) is 6.92 Å². The number of anilines is 3. The van der Waals surface area contributed by atoms with Gasteiger partial charge in [-0.05, 0) is 36.4 Å². The molecule has 0 saturated heterocycles. The van der Waals surface area contributed by atoms with Gasteiger partial charge >= 0.3 is 6.03 Å². The molecule has 2 rings (SSSR count). The number of benzene rings is 2. The Bertz CT molecular complexity index is 683. The van der Waals surface area contributed by atoms with E-state index in [4.69, 9.17) is 10.5 Å². The number of nitrogens with zero attached hydrogens (tertiary/aromatic N) is 1. The van der Waals surface area contributed by atoms with E-state index in [9.17, 15) is 9.59 Å². The van der Waals surface area contributed by atoms with Gasteiger partial charge in [0, 0.05) is 24.4 Å². The quantitative estimate of drug-likeness (QED) is 0.853. The lowest BCUT2D eigenvalue weighted by molar-refractivity contribution is -0.115. The van der Waals surface area contributed by atoms with Crippen molar-refractivity contribution >= 4 is 29.0 Å². The van der Waals surface area contributed by atoms with Gasteiger partial charge in [0.15, 0.2) is 0 Å². The van der Waals surface area contributed by atoms with Gasteiger partial charge in [0.1, 0.15) is 5.75 Å². The van der Waals surface area contributed by atoms with Gasteiger partial charge in [0.25, 0.3) is 0 Å². The number of carbonyl (C=O) groups is 2. The second-order valence-electron chi connectivity index (χ2n) is 4.61. The lowest BCUT2D eigenvalue weighted by atomic mass is 10.2. The van der Waals surface area contributed by atoms with E-state index in [1.807, 2.05) is 0 Å². The van der Waals surface area contributed by atoms with E-state index in [0.29, 0.717) is 22.8 Å². The molecule has 0 fully saturated rings. The van der Waals surface area contributed by atoms with Crippen LogP contribution >= 0.6 is 0 Å². The molecule has 2 aromatic carbocycles. The Kier molecular flexibility index (Phi) is 4.63. The van der Waals surface area contributed by atoms with Crippen molar-refractivity contribution in [3.05, 3.63) is 48.5 Å². The van der Waals surface area contributed by atoms with Crippen molar-refractivity contribution in [3.8, 4) is 5.75 Å². The fourth-order valence-corrected chi connectivity index (χ4v) is 1.95. The highest BCUT2D eigenvalue weighted by atomic mass is 16.5. The molecule has 6 heteroatoms. The lowest BCUT2D eigenvalue weighted by Crippen LogP contribution is -2.38. The Morgan fingerprint density at radius 2 is 1.82 bits per heavy atom. The lowest BCUT2D eigenvalue weighted by Gasteiger charge is -2.20. The first-order chi connectivity index (χ1) is 10.5. The fourth-order valence-electron chi connectivity index (χ4n) is 1.95. The monoisotopic (exact) mass is 299 g/mol. The number of urea groups is 1. The molecule has 0 aliphatic carbocycles. The van der Waals surface area contributed by atoms with Gasteiger partial charge in [-0.2, -0.15) is 0 Å². The van der Waals surface area contributed by atoms with E-state index in [-0.39, 0.29) is 0 Å². The summed E-state index contributed by atoms with van der Waals surface area (Å²) in [4.78, 5) is 25.2. The number of rotatable bonds is 3. The van der Waals surface area contributed by atoms with E-state index in [1.54, 1.807) is 48.5 Å². The molecule has 3 N–H and O–H groups in total. The van der Waals surface area contributed by atoms with Crippen molar-refractivity contribution in [1.82, 2.24) is 0 Å². The maximum Gasteiger partial charge on any atom is 0.333 e. The van der Waals surface area contributed by atoms with Gasteiger partial charge < -0.3 is 15.8 Å². The van der Waals surface area contributed by atoms with E-state index in [2.05, 4.69) is 5.32 Å². The molecular formula is C16H17N3O3. The summed E-state index contributed by atoms with van der Waals surface area (Å²) in [7, 11) is 1.54. The normalized spacial score (nSPS) is 9.91. The number of nitrogens with one attached hydrogen (secondary N) is 1. The molecule has 0 unspecified atom stereocenters. The van der Waals surface area contributed by atoms with Crippen molar-refractivity contribution in [1.29, 1.82) is 0 Å². The van der Waals surface area contributed by atoms with Crippen LogP contribution in [0.5, 0.6) is 5.75 Å². The molecule has 0 heterocycles. The number of carbonyl (C=O) groups excluding carboxylic acids is 2. The van der Waals surface area contributed by atoms with Crippen molar-refractivity contribution in [3.63, 3.8) is 0 Å². The smallest absolute Gasteiger partial charge is 0.333 e. The molecule has 0 aromatic heterocycles. The first-order valence-electron chi connectivity index (χ1n) is 6.62. The van der Waals surface area contributed by atoms with E-state index < -0.39 is 11.9 Å². The average molecular weight is 299 g/mol. The van der Waals surface area contributed by atoms with Gasteiger partial charge in [-0.15, -0.1) is 0 Å². The largest absolute Gasteiger partial charge is 0.497 e. The van der Waals surface area contributed by atoms with E-state index in [1.165, 1.54) is 14.0 Å². The summed E-state index contributed by atoms with van der Waals surface area (Å²) in [5.41, 5.74) is 7.15. The summed E-state index contributed by atoms with van der Waals surface area (Å²) >= 11 is 0. The first-order valence-corrected chi connectivity index (χ1v) is 6.62. The first kappa shape index (κ1) is 15.4. The van der Waals surface area contributed by atoms with Crippen LogP contribution in [-0.2, 0) is 4.79 Å². The van der Waals surface area contributed by atoms with Crippen LogP contribution in [0.3, 0.4) is 0 Å². The molecule has 2 aromatic rings. The van der Waals surface area contributed by atoms with Crippen LogP contribution in [0.4, 0.5) is 21.9 Å². The number of imide groups is 1. The topological polar surface area (TPSA) is 84.7 Å². The van der Waals surface area contributed by atoms with Gasteiger partial charge in [-0.25, -0.2) is 9.69 Å². The third-order valence-corrected chi connectivity index (χ3v) is 2.99.